The molecule has 2 aromatic rings. The molecule has 6 nitrogen and oxygen atoms in total. The second-order valence-electron chi connectivity index (χ2n) is 6.14. The van der Waals surface area contributed by atoms with Crippen molar-refractivity contribution >= 4 is 29.0 Å². The second kappa shape index (κ2) is 6.73. The highest BCUT2D eigenvalue weighted by molar-refractivity contribution is 6.30. The van der Waals surface area contributed by atoms with Crippen LogP contribution in [-0.4, -0.2) is 46.9 Å². The normalized spacial score (nSPS) is 14.8. The second-order valence-corrected chi connectivity index (χ2v) is 6.57. The number of aryl methyl sites for hydroxylation is 3. The van der Waals surface area contributed by atoms with Crippen molar-refractivity contribution in [1.29, 1.82) is 0 Å². The molecule has 1 aliphatic rings. The summed E-state index contributed by atoms with van der Waals surface area (Å²) in [6.45, 7) is 6.90. The highest BCUT2D eigenvalue weighted by Crippen LogP contribution is 2.25. The van der Waals surface area contributed by atoms with Crippen molar-refractivity contribution in [2.75, 3.05) is 36.4 Å². The van der Waals surface area contributed by atoms with Crippen molar-refractivity contribution < 1.29 is 4.79 Å². The summed E-state index contributed by atoms with van der Waals surface area (Å²) >= 11 is 6.11. The number of piperazine rings is 1. The number of nitrogens with one attached hydrogen (secondary N) is 1. The van der Waals surface area contributed by atoms with Crippen LogP contribution in [0, 0.1) is 13.8 Å². The molecule has 1 fully saturated rings. The lowest BCUT2D eigenvalue weighted by atomic mass is 10.1. The highest BCUT2D eigenvalue weighted by Gasteiger charge is 2.23. The van der Waals surface area contributed by atoms with E-state index in [4.69, 9.17) is 11.6 Å². The monoisotopic (exact) mass is 347 g/mol. The zero-order valence-corrected chi connectivity index (χ0v) is 15.0. The third-order valence-electron chi connectivity index (χ3n) is 4.33. The average molecular weight is 348 g/mol. The molecule has 3 rings (SSSR count). The van der Waals surface area contributed by atoms with E-state index in [9.17, 15) is 4.79 Å². The molecule has 0 unspecified atom stereocenters. The molecule has 1 aromatic heterocycles. The summed E-state index contributed by atoms with van der Waals surface area (Å²) in [5, 5.41) is 7.92. The van der Waals surface area contributed by atoms with Crippen molar-refractivity contribution in [2.45, 2.75) is 13.8 Å². The predicted molar refractivity (Wildman–Crippen MR) is 96.9 cm³/mol. The maximum Gasteiger partial charge on any atom is 0.322 e. The summed E-state index contributed by atoms with van der Waals surface area (Å²) in [5.41, 5.74) is 3.92. The van der Waals surface area contributed by atoms with Gasteiger partial charge in [0.25, 0.3) is 0 Å². The van der Waals surface area contributed by atoms with E-state index in [-0.39, 0.29) is 6.03 Å². The van der Waals surface area contributed by atoms with Crippen LogP contribution in [0.1, 0.15) is 11.3 Å². The van der Waals surface area contributed by atoms with E-state index in [1.54, 1.807) is 4.68 Å². The minimum absolute atomic E-state index is 0.0754. The third kappa shape index (κ3) is 3.48. The van der Waals surface area contributed by atoms with Gasteiger partial charge in [0, 0.05) is 50.1 Å². The number of rotatable bonds is 2. The number of hydrogen-bond acceptors (Lipinski definition) is 3. The van der Waals surface area contributed by atoms with E-state index >= 15 is 0 Å². The fourth-order valence-electron chi connectivity index (χ4n) is 2.99. The average Bonchev–Trinajstić information content (AvgIpc) is 2.87. The van der Waals surface area contributed by atoms with E-state index in [1.807, 2.05) is 43.3 Å². The van der Waals surface area contributed by atoms with E-state index in [0.717, 1.165) is 35.2 Å². The third-order valence-corrected chi connectivity index (χ3v) is 4.57. The Morgan fingerprint density at radius 3 is 2.54 bits per heavy atom. The smallest absolute Gasteiger partial charge is 0.322 e. The highest BCUT2D eigenvalue weighted by atomic mass is 35.5. The van der Waals surface area contributed by atoms with Gasteiger partial charge in [0.15, 0.2) is 0 Å². The number of hydrogen-bond donors (Lipinski definition) is 1. The summed E-state index contributed by atoms with van der Waals surface area (Å²) in [7, 11) is 1.84. The van der Waals surface area contributed by atoms with Gasteiger partial charge in [-0.3, -0.25) is 4.68 Å². The largest absolute Gasteiger partial charge is 0.368 e. The van der Waals surface area contributed by atoms with Crippen LogP contribution in [0.25, 0.3) is 0 Å². The van der Waals surface area contributed by atoms with Gasteiger partial charge in [-0.2, -0.15) is 5.10 Å². The zero-order valence-electron chi connectivity index (χ0n) is 14.2. The first kappa shape index (κ1) is 16.6. The van der Waals surface area contributed by atoms with Crippen molar-refractivity contribution in [3.8, 4) is 0 Å². The SMILES string of the molecule is Cc1ccc(Cl)cc1N1CCN(C(=O)Nc2cn(C)nc2C)CC1. The molecule has 2 amide bonds. The maximum absolute atomic E-state index is 12.4. The summed E-state index contributed by atoms with van der Waals surface area (Å²) in [6.07, 6.45) is 1.82. The first-order valence-corrected chi connectivity index (χ1v) is 8.39. The van der Waals surface area contributed by atoms with Gasteiger partial charge in [-0.25, -0.2) is 4.79 Å². The van der Waals surface area contributed by atoms with Crippen molar-refractivity contribution in [2.24, 2.45) is 7.05 Å². The molecule has 24 heavy (non-hydrogen) atoms. The molecule has 128 valence electrons. The number of nitrogens with zero attached hydrogens (tertiary/aromatic N) is 4. The Morgan fingerprint density at radius 1 is 1.21 bits per heavy atom. The van der Waals surface area contributed by atoms with Crippen LogP contribution in [-0.2, 0) is 7.05 Å². The van der Waals surface area contributed by atoms with E-state index in [1.165, 1.54) is 5.56 Å². The topological polar surface area (TPSA) is 53.4 Å². The first-order valence-electron chi connectivity index (χ1n) is 8.01. The number of carbonyl (C=O) groups is 1. The number of amides is 2. The molecule has 0 bridgehead atoms. The minimum Gasteiger partial charge on any atom is -0.368 e. The minimum atomic E-state index is -0.0754. The predicted octanol–water partition coefficient (Wildman–Crippen LogP) is 3.04. The molecule has 1 aromatic carbocycles. The Hall–Kier alpha value is -2.21. The molecule has 7 heteroatoms. The number of carbonyl (C=O) groups excluding carboxylic acids is 1. The van der Waals surface area contributed by atoms with Gasteiger partial charge >= 0.3 is 6.03 Å². The number of anilines is 2. The number of aromatic nitrogens is 2. The summed E-state index contributed by atoms with van der Waals surface area (Å²) < 4.78 is 1.70. The van der Waals surface area contributed by atoms with Gasteiger partial charge in [-0.05, 0) is 31.5 Å². The molecular formula is C17H22ClN5O. The molecule has 0 spiro atoms. The van der Waals surface area contributed by atoms with E-state index < -0.39 is 0 Å². The van der Waals surface area contributed by atoms with Crippen molar-refractivity contribution in [3.05, 3.63) is 40.7 Å². The maximum atomic E-state index is 12.4. The molecule has 2 heterocycles. The lowest BCUT2D eigenvalue weighted by Gasteiger charge is -2.36. The Morgan fingerprint density at radius 2 is 1.92 bits per heavy atom. The lowest BCUT2D eigenvalue weighted by Crippen LogP contribution is -2.50. The Labute approximate surface area is 147 Å². The van der Waals surface area contributed by atoms with Crippen LogP contribution >= 0.6 is 11.6 Å². The summed E-state index contributed by atoms with van der Waals surface area (Å²) in [4.78, 5) is 16.5. The van der Waals surface area contributed by atoms with Crippen LogP contribution in [0.15, 0.2) is 24.4 Å². The van der Waals surface area contributed by atoms with Crippen LogP contribution in [0.4, 0.5) is 16.2 Å². The molecule has 1 saturated heterocycles. The molecule has 0 saturated carbocycles. The Balaban J connectivity index is 1.61. The van der Waals surface area contributed by atoms with Gasteiger partial charge < -0.3 is 15.1 Å². The number of halogens is 1. The van der Waals surface area contributed by atoms with Gasteiger partial charge in [0.05, 0.1) is 11.4 Å². The van der Waals surface area contributed by atoms with Gasteiger partial charge in [-0.1, -0.05) is 17.7 Å². The molecule has 0 atom stereocenters. The van der Waals surface area contributed by atoms with Crippen LogP contribution < -0.4 is 10.2 Å². The number of urea groups is 1. The number of benzene rings is 1. The molecule has 1 aliphatic heterocycles. The molecule has 0 aliphatic carbocycles. The molecular weight excluding hydrogens is 326 g/mol. The lowest BCUT2D eigenvalue weighted by molar-refractivity contribution is 0.208. The zero-order chi connectivity index (χ0) is 17.3. The summed E-state index contributed by atoms with van der Waals surface area (Å²) in [6, 6.07) is 5.85. The van der Waals surface area contributed by atoms with Gasteiger partial charge in [-0.15, -0.1) is 0 Å². The van der Waals surface area contributed by atoms with Crippen LogP contribution in [0.5, 0.6) is 0 Å². The van der Waals surface area contributed by atoms with E-state index in [0.29, 0.717) is 13.1 Å². The quantitative estimate of drug-likeness (QED) is 0.908. The van der Waals surface area contributed by atoms with Gasteiger partial charge in [0.1, 0.15) is 0 Å². The standard InChI is InChI=1S/C17H22ClN5O/c1-12-4-5-14(18)10-16(12)22-6-8-23(9-7-22)17(24)19-15-11-21(3)20-13(15)2/h4-5,10-11H,6-9H2,1-3H3,(H,19,24). The van der Waals surface area contributed by atoms with E-state index in [2.05, 4.69) is 22.2 Å². The Bertz CT molecular complexity index is 749. The van der Waals surface area contributed by atoms with Crippen molar-refractivity contribution in [1.82, 2.24) is 14.7 Å². The van der Waals surface area contributed by atoms with Crippen molar-refractivity contribution in [3.63, 3.8) is 0 Å². The van der Waals surface area contributed by atoms with Gasteiger partial charge in [0.2, 0.25) is 0 Å². The Kier molecular flexibility index (Phi) is 4.66. The van der Waals surface area contributed by atoms with Crippen LogP contribution in [0.3, 0.4) is 0 Å². The fourth-order valence-corrected chi connectivity index (χ4v) is 3.16. The summed E-state index contributed by atoms with van der Waals surface area (Å²) in [5.74, 6) is 0. The molecule has 0 radical (unpaired) electrons. The fraction of sp³-hybridized carbons (Fsp3) is 0.412. The molecule has 1 N–H and O–H groups in total. The van der Waals surface area contributed by atoms with Crippen LogP contribution in [0.2, 0.25) is 5.02 Å². The first-order chi connectivity index (χ1) is 11.4.